The zero-order valence-corrected chi connectivity index (χ0v) is 14.1. The number of benzene rings is 1. The van der Waals surface area contributed by atoms with E-state index in [2.05, 4.69) is 33.7 Å². The van der Waals surface area contributed by atoms with E-state index in [0.717, 1.165) is 29.9 Å². The maximum atomic E-state index is 10.7. The molecule has 23 heavy (non-hydrogen) atoms. The number of hydrogen-bond donors (Lipinski definition) is 1. The van der Waals surface area contributed by atoms with Crippen LogP contribution in [0.25, 0.3) is 4.96 Å². The van der Waals surface area contributed by atoms with Gasteiger partial charge >= 0.3 is 0 Å². The second kappa shape index (κ2) is 6.46. The van der Waals surface area contributed by atoms with Gasteiger partial charge in [-0.15, -0.1) is 11.3 Å². The lowest BCUT2D eigenvalue weighted by molar-refractivity contribution is 0.162. The van der Waals surface area contributed by atoms with Crippen molar-refractivity contribution in [3.63, 3.8) is 0 Å². The van der Waals surface area contributed by atoms with Crippen molar-refractivity contribution in [2.24, 2.45) is 0 Å². The molecule has 0 bridgehead atoms. The molecule has 2 heterocycles. The van der Waals surface area contributed by atoms with E-state index >= 15 is 0 Å². The molecule has 0 aliphatic heterocycles. The number of imidazole rings is 1. The topological polar surface area (TPSA) is 37.5 Å². The Kier molecular flexibility index (Phi) is 4.19. The summed E-state index contributed by atoms with van der Waals surface area (Å²) in [6.45, 7) is 0. The van der Waals surface area contributed by atoms with Crippen LogP contribution in [-0.2, 0) is 19.3 Å². The van der Waals surface area contributed by atoms with E-state index in [1.54, 1.807) is 11.3 Å². The molecule has 0 spiro atoms. The van der Waals surface area contributed by atoms with E-state index in [1.807, 2.05) is 12.3 Å². The number of aliphatic hydroxyl groups is 1. The third kappa shape index (κ3) is 2.93. The van der Waals surface area contributed by atoms with Crippen molar-refractivity contribution in [1.82, 2.24) is 9.38 Å². The second-order valence-corrected chi connectivity index (χ2v) is 7.44. The first-order valence-corrected chi connectivity index (χ1v) is 9.34. The number of aliphatic hydroxyl groups excluding tert-OH is 1. The normalized spacial score (nSPS) is 16.2. The molecule has 0 saturated carbocycles. The molecule has 120 valence electrons. The molecule has 0 amide bonds. The van der Waals surface area contributed by atoms with Crippen molar-refractivity contribution >= 4 is 16.3 Å². The Balaban J connectivity index is 1.59. The van der Waals surface area contributed by atoms with Crippen molar-refractivity contribution in [1.29, 1.82) is 0 Å². The minimum absolute atomic E-state index is 0.452. The Hall–Kier alpha value is -1.65. The molecule has 1 aliphatic rings. The maximum absolute atomic E-state index is 10.7. The molecule has 4 heteroatoms. The SMILES string of the molecule is OC(CCc1ccccc1)c1cnc2sc3c(n12)CCCCC3. The number of thiazole rings is 1. The summed E-state index contributed by atoms with van der Waals surface area (Å²) in [7, 11) is 0. The maximum Gasteiger partial charge on any atom is 0.194 e. The highest BCUT2D eigenvalue weighted by Crippen LogP contribution is 2.32. The summed E-state index contributed by atoms with van der Waals surface area (Å²) >= 11 is 1.81. The molecular weight excluding hydrogens is 304 g/mol. The monoisotopic (exact) mass is 326 g/mol. The summed E-state index contributed by atoms with van der Waals surface area (Å²) in [4.78, 5) is 7.07. The molecule has 1 N–H and O–H groups in total. The lowest BCUT2D eigenvalue weighted by atomic mass is 10.1. The van der Waals surface area contributed by atoms with E-state index in [9.17, 15) is 5.11 Å². The van der Waals surface area contributed by atoms with Crippen LogP contribution in [0.4, 0.5) is 0 Å². The van der Waals surface area contributed by atoms with Crippen LogP contribution >= 0.6 is 11.3 Å². The molecule has 2 aromatic heterocycles. The highest BCUT2D eigenvalue weighted by Gasteiger charge is 2.21. The number of aromatic nitrogens is 2. The molecule has 0 saturated heterocycles. The molecule has 1 unspecified atom stereocenters. The van der Waals surface area contributed by atoms with Gasteiger partial charge < -0.3 is 5.11 Å². The molecule has 4 rings (SSSR count). The highest BCUT2D eigenvalue weighted by atomic mass is 32.1. The average molecular weight is 326 g/mol. The van der Waals surface area contributed by atoms with E-state index in [-0.39, 0.29) is 0 Å². The number of hydrogen-bond acceptors (Lipinski definition) is 3. The van der Waals surface area contributed by atoms with Gasteiger partial charge in [-0.1, -0.05) is 36.8 Å². The summed E-state index contributed by atoms with van der Waals surface area (Å²) < 4.78 is 2.24. The fourth-order valence-corrected chi connectivity index (χ4v) is 4.71. The van der Waals surface area contributed by atoms with Crippen molar-refractivity contribution < 1.29 is 5.11 Å². The average Bonchev–Trinajstić information content (AvgIpc) is 3.05. The minimum Gasteiger partial charge on any atom is -0.387 e. The zero-order valence-electron chi connectivity index (χ0n) is 13.2. The lowest BCUT2D eigenvalue weighted by Gasteiger charge is -2.11. The first kappa shape index (κ1) is 14.9. The molecular formula is C19H22N2OS. The molecule has 1 atom stereocenters. The third-order valence-electron chi connectivity index (χ3n) is 4.77. The summed E-state index contributed by atoms with van der Waals surface area (Å²) in [6.07, 6.45) is 9.17. The van der Waals surface area contributed by atoms with Gasteiger partial charge in [-0.3, -0.25) is 4.40 Å². The first-order chi connectivity index (χ1) is 11.3. The predicted molar refractivity (Wildman–Crippen MR) is 94.1 cm³/mol. The molecule has 1 aliphatic carbocycles. The quantitative estimate of drug-likeness (QED) is 0.725. The van der Waals surface area contributed by atoms with E-state index in [4.69, 9.17) is 0 Å². The van der Waals surface area contributed by atoms with Crippen LogP contribution in [0.15, 0.2) is 36.5 Å². The van der Waals surface area contributed by atoms with Crippen molar-refractivity contribution in [2.75, 3.05) is 0 Å². The van der Waals surface area contributed by atoms with Crippen molar-refractivity contribution in [2.45, 2.75) is 51.0 Å². The van der Waals surface area contributed by atoms with Gasteiger partial charge in [0.05, 0.1) is 18.0 Å². The fourth-order valence-electron chi connectivity index (χ4n) is 3.52. The predicted octanol–water partition coefficient (Wildman–Crippen LogP) is 4.33. The number of nitrogens with zero attached hydrogens (tertiary/aromatic N) is 2. The van der Waals surface area contributed by atoms with Gasteiger partial charge in [-0.25, -0.2) is 4.98 Å². The summed E-state index contributed by atoms with van der Waals surface area (Å²) in [5.41, 5.74) is 3.64. The first-order valence-electron chi connectivity index (χ1n) is 8.53. The molecule has 1 aromatic carbocycles. The second-order valence-electron chi connectivity index (χ2n) is 6.37. The van der Waals surface area contributed by atoms with E-state index in [1.165, 1.54) is 41.8 Å². The zero-order chi connectivity index (χ0) is 15.6. The Morgan fingerprint density at radius 2 is 1.96 bits per heavy atom. The van der Waals surface area contributed by atoms with E-state index in [0.29, 0.717) is 0 Å². The Bertz CT molecular complexity index is 790. The minimum atomic E-state index is -0.452. The van der Waals surface area contributed by atoms with Gasteiger partial charge in [0.2, 0.25) is 0 Å². The van der Waals surface area contributed by atoms with Gasteiger partial charge in [0, 0.05) is 10.6 Å². The third-order valence-corrected chi connectivity index (χ3v) is 5.93. The molecule has 3 aromatic rings. The summed E-state index contributed by atoms with van der Waals surface area (Å²) in [5.74, 6) is 0. The Labute approximate surface area is 140 Å². The number of aryl methyl sites for hydroxylation is 3. The summed E-state index contributed by atoms with van der Waals surface area (Å²) in [6, 6.07) is 10.4. The van der Waals surface area contributed by atoms with Crippen LogP contribution in [0.2, 0.25) is 0 Å². The van der Waals surface area contributed by atoms with Gasteiger partial charge in [-0.05, 0) is 44.1 Å². The smallest absolute Gasteiger partial charge is 0.194 e. The number of fused-ring (bicyclic) bond motifs is 3. The van der Waals surface area contributed by atoms with Crippen LogP contribution in [0, 0.1) is 0 Å². The summed E-state index contributed by atoms with van der Waals surface area (Å²) in [5, 5.41) is 10.7. The highest BCUT2D eigenvalue weighted by molar-refractivity contribution is 7.17. The number of rotatable bonds is 4. The van der Waals surface area contributed by atoms with Crippen LogP contribution in [-0.4, -0.2) is 14.5 Å². The van der Waals surface area contributed by atoms with Gasteiger partial charge in [-0.2, -0.15) is 0 Å². The van der Waals surface area contributed by atoms with Gasteiger partial charge in [0.1, 0.15) is 0 Å². The molecule has 0 fully saturated rings. The molecule has 3 nitrogen and oxygen atoms in total. The largest absolute Gasteiger partial charge is 0.387 e. The van der Waals surface area contributed by atoms with Gasteiger partial charge in [0.25, 0.3) is 0 Å². The molecule has 0 radical (unpaired) electrons. The van der Waals surface area contributed by atoms with E-state index < -0.39 is 6.10 Å². The van der Waals surface area contributed by atoms with Crippen LogP contribution < -0.4 is 0 Å². The fraction of sp³-hybridized carbons (Fsp3) is 0.421. The Morgan fingerprint density at radius 3 is 2.83 bits per heavy atom. The van der Waals surface area contributed by atoms with Crippen molar-refractivity contribution in [3.8, 4) is 0 Å². The standard InChI is InChI=1S/C19H22N2OS/c22-17(12-11-14-7-3-1-4-8-14)16-13-20-19-21(16)15-9-5-2-6-10-18(15)23-19/h1,3-4,7-8,13,17,22H,2,5-6,9-12H2. The lowest BCUT2D eigenvalue weighted by Crippen LogP contribution is -2.05. The van der Waals surface area contributed by atoms with Gasteiger partial charge in [0.15, 0.2) is 4.96 Å². The van der Waals surface area contributed by atoms with Crippen LogP contribution in [0.3, 0.4) is 0 Å². The van der Waals surface area contributed by atoms with Crippen LogP contribution in [0.1, 0.15) is 53.6 Å². The van der Waals surface area contributed by atoms with Crippen LogP contribution in [0.5, 0.6) is 0 Å². The Morgan fingerprint density at radius 1 is 1.13 bits per heavy atom. The van der Waals surface area contributed by atoms with Crippen molar-refractivity contribution in [3.05, 3.63) is 58.4 Å².